The van der Waals surface area contributed by atoms with Gasteiger partial charge in [-0.3, -0.25) is 0 Å². The maximum absolute atomic E-state index is 13.9. The topological polar surface area (TPSA) is 70.0 Å². The van der Waals surface area contributed by atoms with Crippen LogP contribution in [0.3, 0.4) is 0 Å². The highest BCUT2D eigenvalue weighted by Crippen LogP contribution is 2.66. The van der Waals surface area contributed by atoms with Gasteiger partial charge in [-0.1, -0.05) is 97.8 Å². The largest absolute Gasteiger partial charge is 0.415 e. The molecule has 6 atom stereocenters. The third kappa shape index (κ3) is 4.81. The van der Waals surface area contributed by atoms with E-state index in [0.717, 1.165) is 54.9 Å². The molecular weight excluding hydrogens is 534 g/mol. The first-order valence-electron chi connectivity index (χ1n) is 16.0. The Morgan fingerprint density at radius 3 is 2.44 bits per heavy atom. The Morgan fingerprint density at radius 2 is 1.63 bits per heavy atom. The van der Waals surface area contributed by atoms with Crippen molar-refractivity contribution in [3.63, 3.8) is 0 Å². The first-order chi connectivity index (χ1) is 20.7. The summed E-state index contributed by atoms with van der Waals surface area (Å²) >= 11 is 0. The van der Waals surface area contributed by atoms with E-state index < -0.39 is 11.7 Å². The molecule has 0 spiro atoms. The second-order valence-corrected chi connectivity index (χ2v) is 14.0. The van der Waals surface area contributed by atoms with Crippen LogP contribution in [0.5, 0.6) is 5.75 Å². The molecule has 224 valence electrons. The molecule has 5 nitrogen and oxygen atoms in total. The van der Waals surface area contributed by atoms with Crippen molar-refractivity contribution in [1.82, 2.24) is 4.90 Å². The summed E-state index contributed by atoms with van der Waals surface area (Å²) < 4.78 is 5.98. The van der Waals surface area contributed by atoms with Crippen LogP contribution in [0.2, 0.25) is 0 Å². The predicted molar refractivity (Wildman–Crippen MR) is 169 cm³/mol. The molecular formula is C38H43NO4. The van der Waals surface area contributed by atoms with Crippen LogP contribution in [0.1, 0.15) is 64.4 Å². The molecule has 0 radical (unpaired) electrons. The number of aliphatic hydroxyl groups excluding tert-OH is 1. The Labute approximate surface area is 254 Å². The predicted octanol–water partition coefficient (Wildman–Crippen LogP) is 7.82. The van der Waals surface area contributed by atoms with Gasteiger partial charge in [0.05, 0.1) is 18.2 Å². The summed E-state index contributed by atoms with van der Waals surface area (Å²) in [6.07, 6.45) is 10.1. The van der Waals surface area contributed by atoms with Crippen LogP contribution in [-0.4, -0.2) is 39.5 Å². The third-order valence-electron chi connectivity index (χ3n) is 11.7. The highest BCUT2D eigenvalue weighted by Gasteiger charge is 2.62. The fourth-order valence-electron chi connectivity index (χ4n) is 9.06. The van der Waals surface area contributed by atoms with E-state index in [2.05, 4.69) is 26.0 Å². The highest BCUT2D eigenvalue weighted by atomic mass is 16.6. The Bertz CT molecular complexity index is 1600. The zero-order chi connectivity index (χ0) is 29.8. The smallest absolute Gasteiger partial charge is 0.410 e. The summed E-state index contributed by atoms with van der Waals surface area (Å²) in [5.41, 5.74) is 2.58. The van der Waals surface area contributed by atoms with Crippen LogP contribution < -0.4 is 4.74 Å². The van der Waals surface area contributed by atoms with E-state index in [1.165, 1.54) is 11.1 Å². The number of rotatable bonds is 5. The van der Waals surface area contributed by atoms with Crippen molar-refractivity contribution in [2.75, 3.05) is 6.54 Å². The first-order valence-corrected chi connectivity index (χ1v) is 16.0. The molecule has 5 heteroatoms. The van der Waals surface area contributed by atoms with Crippen molar-refractivity contribution in [3.8, 4) is 5.75 Å². The van der Waals surface area contributed by atoms with E-state index in [1.54, 1.807) is 4.90 Å². The Hall–Kier alpha value is -3.41. The Morgan fingerprint density at radius 1 is 0.884 bits per heavy atom. The molecule has 0 aromatic heterocycles. The summed E-state index contributed by atoms with van der Waals surface area (Å²) in [5.74, 6) is 1.23. The highest BCUT2D eigenvalue weighted by molar-refractivity contribution is 5.84. The first kappa shape index (κ1) is 28.4. The van der Waals surface area contributed by atoms with Gasteiger partial charge < -0.3 is 19.8 Å². The second kappa shape index (κ2) is 10.6. The van der Waals surface area contributed by atoms with Crippen LogP contribution in [0.15, 0.2) is 96.1 Å². The summed E-state index contributed by atoms with van der Waals surface area (Å²) in [6.45, 7) is 5.25. The molecule has 43 heavy (non-hydrogen) atoms. The van der Waals surface area contributed by atoms with Gasteiger partial charge >= 0.3 is 6.09 Å². The Kier molecular flexibility index (Phi) is 7.02. The summed E-state index contributed by atoms with van der Waals surface area (Å²) in [6, 6.07) is 23.7. The molecule has 3 fully saturated rings. The minimum atomic E-state index is -1.03. The van der Waals surface area contributed by atoms with E-state index in [9.17, 15) is 15.0 Å². The molecule has 0 bridgehead atoms. The van der Waals surface area contributed by atoms with Crippen LogP contribution >= 0.6 is 0 Å². The van der Waals surface area contributed by atoms with Crippen molar-refractivity contribution in [3.05, 3.63) is 102 Å². The number of allylic oxidation sites excluding steroid dienone is 3. The molecule has 1 amide bonds. The minimum absolute atomic E-state index is 0.0916. The number of hydrogen-bond acceptors (Lipinski definition) is 4. The molecule has 4 aliphatic rings. The van der Waals surface area contributed by atoms with E-state index in [-0.39, 0.29) is 29.4 Å². The molecule has 3 aromatic carbocycles. The SMILES string of the molecule is C[C@]12CC[C@H](O)CC1=CC=C1[C@@H]2CC[C@@]2(C)[C@H]1CC[C@@]2(O)CN(Cc1ccccc1)C(=O)Oc1ccc2ccccc2c1. The average molecular weight is 578 g/mol. The maximum Gasteiger partial charge on any atom is 0.415 e. The second-order valence-electron chi connectivity index (χ2n) is 14.0. The summed E-state index contributed by atoms with van der Waals surface area (Å²) in [5, 5.41) is 25.0. The van der Waals surface area contributed by atoms with Crippen LogP contribution in [0.25, 0.3) is 10.8 Å². The van der Waals surface area contributed by atoms with Gasteiger partial charge in [-0.25, -0.2) is 4.79 Å². The number of hydrogen-bond donors (Lipinski definition) is 2. The number of amides is 1. The lowest BCUT2D eigenvalue weighted by Crippen LogP contribution is -2.56. The summed E-state index contributed by atoms with van der Waals surface area (Å²) in [7, 11) is 0. The van der Waals surface area contributed by atoms with Gasteiger partial charge in [0.15, 0.2) is 0 Å². The number of aliphatic hydroxyl groups is 2. The van der Waals surface area contributed by atoms with Crippen molar-refractivity contribution in [1.29, 1.82) is 0 Å². The fourth-order valence-corrected chi connectivity index (χ4v) is 9.06. The van der Waals surface area contributed by atoms with Gasteiger partial charge in [0.25, 0.3) is 0 Å². The van der Waals surface area contributed by atoms with E-state index in [0.29, 0.717) is 24.6 Å². The van der Waals surface area contributed by atoms with Gasteiger partial charge in [-0.2, -0.15) is 0 Å². The van der Waals surface area contributed by atoms with E-state index in [4.69, 9.17) is 4.74 Å². The Balaban J connectivity index is 1.16. The number of ether oxygens (including phenoxy) is 1. The third-order valence-corrected chi connectivity index (χ3v) is 11.7. The standard InChI is InChI=1S/C38H43NO4/c1-36-19-16-30(40)23-29(36)13-15-32-33(36)17-20-37(2)34(32)18-21-38(37,42)25-39(24-26-8-4-3-5-9-26)35(41)43-31-14-12-27-10-6-7-11-28(27)22-31/h3-15,22,30,33-34,40,42H,16-21,23-25H2,1-2H3/t30-,33-,34-,36-,37-,38+/m0/s1. The number of carbonyl (C=O) groups is 1. The molecule has 0 aliphatic heterocycles. The number of carbonyl (C=O) groups excluding carboxylic acids is 1. The van der Waals surface area contributed by atoms with Crippen molar-refractivity contribution >= 4 is 16.9 Å². The van der Waals surface area contributed by atoms with Gasteiger partial charge in [0.2, 0.25) is 0 Å². The number of benzene rings is 3. The molecule has 4 aliphatic carbocycles. The van der Waals surface area contributed by atoms with Gasteiger partial charge in [-0.15, -0.1) is 0 Å². The lowest BCUT2D eigenvalue weighted by molar-refractivity contribution is -0.0989. The van der Waals surface area contributed by atoms with Crippen molar-refractivity contribution < 1.29 is 19.7 Å². The lowest BCUT2D eigenvalue weighted by Gasteiger charge is -2.56. The zero-order valence-corrected chi connectivity index (χ0v) is 25.3. The fraction of sp³-hybridized carbons (Fsp3) is 0.447. The van der Waals surface area contributed by atoms with Crippen molar-refractivity contribution in [2.24, 2.45) is 22.7 Å². The normalized spacial score (nSPS) is 33.1. The number of nitrogens with zero attached hydrogens (tertiary/aromatic N) is 1. The molecule has 3 saturated carbocycles. The lowest BCUT2D eigenvalue weighted by atomic mass is 9.50. The number of fused-ring (bicyclic) bond motifs is 6. The van der Waals surface area contributed by atoms with E-state index in [1.807, 2.05) is 72.8 Å². The molecule has 3 aromatic rings. The quantitative estimate of drug-likeness (QED) is 0.324. The molecule has 7 rings (SSSR count). The van der Waals surface area contributed by atoms with Gasteiger partial charge in [-0.05, 0) is 90.7 Å². The van der Waals surface area contributed by atoms with Crippen LogP contribution in [0, 0.1) is 22.7 Å². The van der Waals surface area contributed by atoms with Gasteiger partial charge in [0.1, 0.15) is 5.75 Å². The average Bonchev–Trinajstić information content (AvgIpc) is 3.27. The molecule has 0 unspecified atom stereocenters. The summed E-state index contributed by atoms with van der Waals surface area (Å²) in [4.78, 5) is 15.6. The van der Waals surface area contributed by atoms with Gasteiger partial charge in [0, 0.05) is 12.0 Å². The molecule has 0 heterocycles. The van der Waals surface area contributed by atoms with E-state index >= 15 is 0 Å². The molecule has 0 saturated heterocycles. The maximum atomic E-state index is 13.9. The minimum Gasteiger partial charge on any atom is -0.410 e. The van der Waals surface area contributed by atoms with Crippen molar-refractivity contribution in [2.45, 2.75) is 77.0 Å². The monoisotopic (exact) mass is 577 g/mol. The molecule has 2 N–H and O–H groups in total. The zero-order valence-electron chi connectivity index (χ0n) is 25.3. The van der Waals surface area contributed by atoms with Crippen LogP contribution in [0.4, 0.5) is 4.79 Å². The van der Waals surface area contributed by atoms with Crippen LogP contribution in [-0.2, 0) is 6.54 Å².